The van der Waals surface area contributed by atoms with E-state index in [0.717, 1.165) is 35.1 Å². The highest BCUT2D eigenvalue weighted by atomic mass is 16.1. The van der Waals surface area contributed by atoms with Crippen LogP contribution in [0.2, 0.25) is 0 Å². The highest BCUT2D eigenvalue weighted by Gasteiger charge is 2.33. The topological polar surface area (TPSA) is 55.1 Å². The van der Waals surface area contributed by atoms with Crippen LogP contribution >= 0.6 is 0 Å². The van der Waals surface area contributed by atoms with Gasteiger partial charge in [0.15, 0.2) is 0 Å². The van der Waals surface area contributed by atoms with Crippen molar-refractivity contribution in [1.29, 1.82) is 0 Å². The highest BCUT2D eigenvalue weighted by molar-refractivity contribution is 6.02. The third kappa shape index (κ3) is 11.1. The molecule has 0 spiro atoms. The molecule has 3 nitrogen and oxygen atoms in total. The molecule has 1 fully saturated rings. The molecule has 0 heterocycles. The van der Waals surface area contributed by atoms with Crippen molar-refractivity contribution in [2.24, 2.45) is 11.7 Å². The van der Waals surface area contributed by atoms with E-state index in [2.05, 4.69) is 63.9 Å². The van der Waals surface area contributed by atoms with E-state index in [1.807, 2.05) is 48.5 Å². The van der Waals surface area contributed by atoms with Crippen molar-refractivity contribution in [3.8, 4) is 11.1 Å². The summed E-state index contributed by atoms with van der Waals surface area (Å²) in [5, 5.41) is 3.25. The van der Waals surface area contributed by atoms with Gasteiger partial charge in [-0.15, -0.1) is 0 Å². The predicted molar refractivity (Wildman–Crippen MR) is 195 cm³/mol. The van der Waals surface area contributed by atoms with Crippen molar-refractivity contribution in [3.63, 3.8) is 0 Å². The Labute approximate surface area is 267 Å². The van der Waals surface area contributed by atoms with Crippen LogP contribution in [0, 0.1) is 12.8 Å². The Bertz CT molecular complexity index is 1060. The van der Waals surface area contributed by atoms with E-state index in [1.165, 1.54) is 80.9 Å². The summed E-state index contributed by atoms with van der Waals surface area (Å²) in [6.45, 7) is 26.7. The van der Waals surface area contributed by atoms with E-state index in [4.69, 9.17) is 5.73 Å². The van der Waals surface area contributed by atoms with Gasteiger partial charge < -0.3 is 11.1 Å². The number of aryl methyl sites for hydroxylation is 2. The van der Waals surface area contributed by atoms with Gasteiger partial charge in [-0.05, 0) is 96.4 Å². The van der Waals surface area contributed by atoms with Crippen LogP contribution in [0.1, 0.15) is 178 Å². The number of rotatable bonds is 11. The van der Waals surface area contributed by atoms with Gasteiger partial charge in [0.1, 0.15) is 0 Å². The molecule has 2 aliphatic rings. The maximum atomic E-state index is 12.3. The molecular formula is C40H68N2O. The van der Waals surface area contributed by atoms with Crippen molar-refractivity contribution in [2.45, 2.75) is 159 Å². The molecule has 2 unspecified atom stereocenters. The SMILES string of the molecule is C=CNc1c(C(N)=O)c(C)cc(-c2ccc3c(c2)C(C2CCC2)CC3)c1C(C)CC.CC.CC.CC.CCCCCCC. The summed E-state index contributed by atoms with van der Waals surface area (Å²) >= 11 is 0. The van der Waals surface area contributed by atoms with Gasteiger partial charge in [-0.2, -0.15) is 0 Å². The number of carbonyl (C=O) groups is 1. The molecule has 2 aromatic rings. The van der Waals surface area contributed by atoms with Gasteiger partial charge in [0.05, 0.1) is 11.3 Å². The fourth-order valence-electron chi connectivity index (χ4n) is 6.17. The first-order chi connectivity index (χ1) is 20.9. The Morgan fingerprint density at radius 2 is 1.58 bits per heavy atom. The molecule has 1 saturated carbocycles. The van der Waals surface area contributed by atoms with E-state index in [-0.39, 0.29) is 5.92 Å². The zero-order valence-corrected chi connectivity index (χ0v) is 30.1. The molecule has 2 aliphatic carbocycles. The van der Waals surface area contributed by atoms with Gasteiger partial charge in [0.25, 0.3) is 5.91 Å². The normalized spacial score (nSPS) is 15.3. The van der Waals surface area contributed by atoms with Crippen LogP contribution in [0.15, 0.2) is 37.0 Å². The number of hydrogen-bond donors (Lipinski definition) is 2. The van der Waals surface area contributed by atoms with Gasteiger partial charge in [-0.25, -0.2) is 0 Å². The minimum absolute atomic E-state index is 0.289. The number of nitrogens with two attached hydrogens (primary N) is 1. The fraction of sp³-hybridized carbons (Fsp3) is 0.625. The Kier molecular flexibility index (Phi) is 21.6. The van der Waals surface area contributed by atoms with Crippen molar-refractivity contribution in [1.82, 2.24) is 0 Å². The smallest absolute Gasteiger partial charge is 0.251 e. The Morgan fingerprint density at radius 3 is 2.05 bits per heavy atom. The summed E-state index contributed by atoms with van der Waals surface area (Å²) in [6.07, 6.45) is 16.3. The van der Waals surface area contributed by atoms with E-state index in [9.17, 15) is 4.79 Å². The average molecular weight is 593 g/mol. The van der Waals surface area contributed by atoms with E-state index < -0.39 is 5.91 Å². The number of hydrogen-bond acceptors (Lipinski definition) is 2. The number of carbonyl (C=O) groups excluding carboxylic acids is 1. The first kappa shape index (κ1) is 40.5. The second-order valence-electron chi connectivity index (χ2n) is 11.2. The van der Waals surface area contributed by atoms with E-state index in [1.54, 1.807) is 11.8 Å². The van der Waals surface area contributed by atoms with Crippen LogP contribution in [0.3, 0.4) is 0 Å². The average Bonchev–Trinajstić information content (AvgIpc) is 3.42. The summed E-state index contributed by atoms with van der Waals surface area (Å²) in [5.41, 5.74) is 14.8. The Hall–Kier alpha value is -2.55. The molecule has 0 aliphatic heterocycles. The molecule has 2 atom stereocenters. The number of unbranched alkanes of at least 4 members (excludes halogenated alkanes) is 4. The first-order valence-electron chi connectivity index (χ1n) is 17.9. The molecular weight excluding hydrogens is 524 g/mol. The monoisotopic (exact) mass is 593 g/mol. The van der Waals surface area contributed by atoms with Gasteiger partial charge in [-0.1, -0.05) is 139 Å². The maximum Gasteiger partial charge on any atom is 0.251 e. The second-order valence-corrected chi connectivity index (χ2v) is 11.2. The predicted octanol–water partition coefficient (Wildman–Crippen LogP) is 12.7. The number of anilines is 1. The van der Waals surface area contributed by atoms with Crippen LogP contribution in [0.4, 0.5) is 5.69 Å². The molecule has 43 heavy (non-hydrogen) atoms. The standard InChI is InChI=1S/C27H34N2O.C7H16.3C2H6/c1-5-16(3)24-23(14-17(4)25(27(28)30)26(24)29-6-2)20-11-10-19-12-13-21(22(19)15-20)18-8-7-9-18;1-3-5-7-6-4-2;3*1-2/h6,10-11,14-16,18,21,29H,2,5,7-9,12-13H2,1,3-4H3,(H2,28,30);3-7H2,1-2H3;3*1-2H3. The number of fused-ring (bicyclic) bond motifs is 1. The lowest BCUT2D eigenvalue weighted by molar-refractivity contribution is 0.100. The van der Waals surface area contributed by atoms with Crippen LogP contribution in [0.5, 0.6) is 0 Å². The van der Waals surface area contributed by atoms with Crippen LogP contribution < -0.4 is 11.1 Å². The molecule has 1 amide bonds. The lowest BCUT2D eigenvalue weighted by atomic mass is 9.73. The van der Waals surface area contributed by atoms with Crippen molar-refractivity contribution in [2.75, 3.05) is 5.32 Å². The number of primary amides is 1. The van der Waals surface area contributed by atoms with E-state index in [0.29, 0.717) is 5.56 Å². The number of nitrogens with one attached hydrogen (secondary N) is 1. The minimum Gasteiger partial charge on any atom is -0.366 e. The summed E-state index contributed by atoms with van der Waals surface area (Å²) in [4.78, 5) is 12.3. The van der Waals surface area contributed by atoms with Gasteiger partial charge in [-0.3, -0.25) is 4.79 Å². The van der Waals surface area contributed by atoms with Gasteiger partial charge >= 0.3 is 0 Å². The quantitative estimate of drug-likeness (QED) is 0.255. The molecule has 244 valence electrons. The van der Waals surface area contributed by atoms with Crippen molar-refractivity contribution in [3.05, 3.63) is 64.9 Å². The molecule has 3 N–H and O–H groups in total. The van der Waals surface area contributed by atoms with Crippen LogP contribution in [-0.4, -0.2) is 5.91 Å². The van der Waals surface area contributed by atoms with Crippen LogP contribution in [-0.2, 0) is 6.42 Å². The van der Waals surface area contributed by atoms with Crippen molar-refractivity contribution >= 4 is 11.6 Å². The van der Waals surface area contributed by atoms with Gasteiger partial charge in [0.2, 0.25) is 0 Å². The maximum absolute atomic E-state index is 12.3. The molecule has 0 bridgehead atoms. The van der Waals surface area contributed by atoms with Crippen LogP contribution in [0.25, 0.3) is 11.1 Å². The molecule has 4 rings (SSSR count). The van der Waals surface area contributed by atoms with E-state index >= 15 is 0 Å². The summed E-state index contributed by atoms with van der Waals surface area (Å²) in [7, 11) is 0. The van der Waals surface area contributed by atoms with Gasteiger partial charge in [0, 0.05) is 0 Å². The number of benzene rings is 2. The summed E-state index contributed by atoms with van der Waals surface area (Å²) in [6, 6.07) is 9.20. The molecule has 0 saturated heterocycles. The highest BCUT2D eigenvalue weighted by Crippen LogP contribution is 2.48. The lowest BCUT2D eigenvalue weighted by Gasteiger charge is -2.32. The third-order valence-corrected chi connectivity index (χ3v) is 8.67. The Balaban J connectivity index is 0.00000117. The third-order valence-electron chi connectivity index (χ3n) is 8.67. The zero-order chi connectivity index (χ0) is 32.9. The minimum atomic E-state index is -0.396. The summed E-state index contributed by atoms with van der Waals surface area (Å²) < 4.78 is 0. The molecule has 0 aromatic heterocycles. The number of amides is 1. The molecule has 3 heteroatoms. The second kappa shape index (κ2) is 22.9. The Morgan fingerprint density at radius 1 is 0.977 bits per heavy atom. The van der Waals surface area contributed by atoms with Crippen molar-refractivity contribution < 1.29 is 4.79 Å². The molecule has 2 aromatic carbocycles. The first-order valence-corrected chi connectivity index (χ1v) is 17.9. The summed E-state index contributed by atoms with van der Waals surface area (Å²) in [5.74, 6) is 1.48. The lowest BCUT2D eigenvalue weighted by Crippen LogP contribution is -2.18. The fourth-order valence-corrected chi connectivity index (χ4v) is 6.17. The molecule has 0 radical (unpaired) electrons. The largest absolute Gasteiger partial charge is 0.366 e. The zero-order valence-electron chi connectivity index (χ0n) is 30.1.